The first-order valence-electron chi connectivity index (χ1n) is 3.65. The first-order chi connectivity index (χ1) is 5.24. The van der Waals surface area contributed by atoms with Crippen LogP contribution in [0.1, 0.15) is 18.5 Å². The standard InChI is InChI=1S/C8H13N3/c1-6(5-9)8-4-7(10)2-3-11-8/h2-4,6H,5,9H2,1H3,(H2,10,11). The van der Waals surface area contributed by atoms with E-state index in [-0.39, 0.29) is 0 Å². The smallest absolute Gasteiger partial charge is 0.0464 e. The molecular formula is C8H13N3. The van der Waals surface area contributed by atoms with E-state index in [4.69, 9.17) is 11.5 Å². The van der Waals surface area contributed by atoms with E-state index in [9.17, 15) is 0 Å². The summed E-state index contributed by atoms with van der Waals surface area (Å²) in [7, 11) is 0. The van der Waals surface area contributed by atoms with Crippen molar-refractivity contribution in [2.75, 3.05) is 12.3 Å². The van der Waals surface area contributed by atoms with Crippen LogP contribution in [0.3, 0.4) is 0 Å². The zero-order chi connectivity index (χ0) is 8.27. The average molecular weight is 151 g/mol. The maximum absolute atomic E-state index is 5.57. The Bertz CT molecular complexity index is 235. The van der Waals surface area contributed by atoms with E-state index in [0.29, 0.717) is 12.5 Å². The van der Waals surface area contributed by atoms with Crippen LogP contribution in [0.25, 0.3) is 0 Å². The molecule has 11 heavy (non-hydrogen) atoms. The minimum atomic E-state index is 0.290. The molecule has 60 valence electrons. The summed E-state index contributed by atoms with van der Waals surface area (Å²) in [6.07, 6.45) is 1.71. The molecule has 0 bridgehead atoms. The number of rotatable bonds is 2. The summed E-state index contributed by atoms with van der Waals surface area (Å²) in [5.74, 6) is 0.290. The van der Waals surface area contributed by atoms with Gasteiger partial charge < -0.3 is 11.5 Å². The summed E-state index contributed by atoms with van der Waals surface area (Å²) >= 11 is 0. The van der Waals surface area contributed by atoms with E-state index >= 15 is 0 Å². The van der Waals surface area contributed by atoms with Crippen LogP contribution >= 0.6 is 0 Å². The molecule has 1 heterocycles. The average Bonchev–Trinajstić information content (AvgIpc) is 2.03. The Morgan fingerprint density at radius 2 is 2.36 bits per heavy atom. The Morgan fingerprint density at radius 1 is 1.64 bits per heavy atom. The topological polar surface area (TPSA) is 64.9 Å². The van der Waals surface area contributed by atoms with E-state index < -0.39 is 0 Å². The van der Waals surface area contributed by atoms with Crippen LogP contribution in [0.15, 0.2) is 18.3 Å². The molecule has 0 aliphatic rings. The van der Waals surface area contributed by atoms with Crippen molar-refractivity contribution in [2.45, 2.75) is 12.8 Å². The predicted octanol–water partition coefficient (Wildman–Crippen LogP) is 0.726. The molecule has 1 aromatic heterocycles. The maximum atomic E-state index is 5.57. The number of pyridine rings is 1. The van der Waals surface area contributed by atoms with Gasteiger partial charge >= 0.3 is 0 Å². The van der Waals surface area contributed by atoms with Crippen molar-refractivity contribution in [1.82, 2.24) is 4.98 Å². The van der Waals surface area contributed by atoms with Crippen molar-refractivity contribution in [3.05, 3.63) is 24.0 Å². The molecule has 0 radical (unpaired) electrons. The number of hydrogen-bond acceptors (Lipinski definition) is 3. The van der Waals surface area contributed by atoms with Gasteiger partial charge in [-0.05, 0) is 12.1 Å². The van der Waals surface area contributed by atoms with Crippen LogP contribution < -0.4 is 11.5 Å². The van der Waals surface area contributed by atoms with Crippen molar-refractivity contribution < 1.29 is 0 Å². The van der Waals surface area contributed by atoms with Crippen LogP contribution in [-0.2, 0) is 0 Å². The van der Waals surface area contributed by atoms with E-state index in [1.165, 1.54) is 0 Å². The van der Waals surface area contributed by atoms with Gasteiger partial charge in [-0.25, -0.2) is 0 Å². The number of aromatic nitrogens is 1. The van der Waals surface area contributed by atoms with Crippen molar-refractivity contribution in [1.29, 1.82) is 0 Å². The van der Waals surface area contributed by atoms with Gasteiger partial charge in [-0.3, -0.25) is 4.98 Å². The third-order valence-corrected chi connectivity index (χ3v) is 1.66. The summed E-state index contributed by atoms with van der Waals surface area (Å²) in [4.78, 5) is 4.15. The van der Waals surface area contributed by atoms with Gasteiger partial charge in [-0.1, -0.05) is 6.92 Å². The molecule has 0 aliphatic heterocycles. The van der Waals surface area contributed by atoms with Gasteiger partial charge in [0.05, 0.1) is 0 Å². The summed E-state index contributed by atoms with van der Waals surface area (Å²) in [6.45, 7) is 2.64. The molecule has 1 unspecified atom stereocenters. The number of nitrogens with two attached hydrogens (primary N) is 2. The highest BCUT2D eigenvalue weighted by atomic mass is 14.7. The molecule has 0 fully saturated rings. The molecule has 0 amide bonds. The van der Waals surface area contributed by atoms with Gasteiger partial charge in [-0.15, -0.1) is 0 Å². The second-order valence-electron chi connectivity index (χ2n) is 2.65. The van der Waals surface area contributed by atoms with Crippen molar-refractivity contribution >= 4 is 5.69 Å². The van der Waals surface area contributed by atoms with E-state index in [2.05, 4.69) is 4.98 Å². The SMILES string of the molecule is CC(CN)c1cc(N)ccn1. The monoisotopic (exact) mass is 151 g/mol. The molecule has 0 saturated heterocycles. The second-order valence-corrected chi connectivity index (χ2v) is 2.65. The number of nitrogens with zero attached hydrogens (tertiary/aromatic N) is 1. The molecule has 3 heteroatoms. The van der Waals surface area contributed by atoms with E-state index in [1.54, 1.807) is 12.3 Å². The van der Waals surface area contributed by atoms with Crippen LogP contribution in [0, 0.1) is 0 Å². The highest BCUT2D eigenvalue weighted by Crippen LogP contribution is 2.12. The summed E-state index contributed by atoms with van der Waals surface area (Å²) in [5.41, 5.74) is 12.8. The molecule has 0 aliphatic carbocycles. The number of anilines is 1. The Kier molecular flexibility index (Phi) is 2.44. The van der Waals surface area contributed by atoms with Crippen LogP contribution in [-0.4, -0.2) is 11.5 Å². The molecule has 1 atom stereocenters. The maximum Gasteiger partial charge on any atom is 0.0464 e. The number of hydrogen-bond donors (Lipinski definition) is 2. The quantitative estimate of drug-likeness (QED) is 0.654. The van der Waals surface area contributed by atoms with Crippen molar-refractivity contribution in [3.8, 4) is 0 Å². The number of nitrogen functional groups attached to an aromatic ring is 1. The normalized spacial score (nSPS) is 12.9. The van der Waals surface area contributed by atoms with Gasteiger partial charge in [0.25, 0.3) is 0 Å². The fourth-order valence-electron chi connectivity index (χ4n) is 0.856. The lowest BCUT2D eigenvalue weighted by Crippen LogP contribution is -2.10. The van der Waals surface area contributed by atoms with Crippen LogP contribution in [0.2, 0.25) is 0 Å². The highest BCUT2D eigenvalue weighted by molar-refractivity contribution is 5.38. The molecule has 0 spiro atoms. The van der Waals surface area contributed by atoms with Gasteiger partial charge in [0.15, 0.2) is 0 Å². The summed E-state index contributed by atoms with van der Waals surface area (Å²) in [6, 6.07) is 3.63. The Balaban J connectivity index is 2.86. The molecular weight excluding hydrogens is 138 g/mol. The molecule has 1 rings (SSSR count). The predicted molar refractivity (Wildman–Crippen MR) is 46.1 cm³/mol. The molecule has 1 aromatic rings. The van der Waals surface area contributed by atoms with Crippen molar-refractivity contribution in [3.63, 3.8) is 0 Å². The third-order valence-electron chi connectivity index (χ3n) is 1.66. The van der Waals surface area contributed by atoms with Crippen molar-refractivity contribution in [2.24, 2.45) is 5.73 Å². The van der Waals surface area contributed by atoms with Gasteiger partial charge in [0.1, 0.15) is 0 Å². The molecule has 0 aromatic carbocycles. The minimum Gasteiger partial charge on any atom is -0.399 e. The Morgan fingerprint density at radius 3 is 2.91 bits per heavy atom. The highest BCUT2D eigenvalue weighted by Gasteiger charge is 2.03. The Hall–Kier alpha value is -1.09. The lowest BCUT2D eigenvalue weighted by molar-refractivity contribution is 0.746. The van der Waals surface area contributed by atoms with Gasteiger partial charge in [0, 0.05) is 30.0 Å². The van der Waals surface area contributed by atoms with E-state index in [0.717, 1.165) is 11.4 Å². The van der Waals surface area contributed by atoms with Crippen LogP contribution in [0.4, 0.5) is 5.69 Å². The fourth-order valence-corrected chi connectivity index (χ4v) is 0.856. The van der Waals surface area contributed by atoms with E-state index in [1.807, 2.05) is 13.0 Å². The zero-order valence-corrected chi connectivity index (χ0v) is 6.62. The lowest BCUT2D eigenvalue weighted by atomic mass is 10.1. The lowest BCUT2D eigenvalue weighted by Gasteiger charge is -2.06. The van der Waals surface area contributed by atoms with Gasteiger partial charge in [-0.2, -0.15) is 0 Å². The largest absolute Gasteiger partial charge is 0.399 e. The minimum absolute atomic E-state index is 0.290. The van der Waals surface area contributed by atoms with Crippen LogP contribution in [0.5, 0.6) is 0 Å². The molecule has 3 nitrogen and oxygen atoms in total. The first kappa shape index (κ1) is 8.01. The summed E-state index contributed by atoms with van der Waals surface area (Å²) in [5, 5.41) is 0. The fraction of sp³-hybridized carbons (Fsp3) is 0.375. The molecule has 0 saturated carbocycles. The molecule has 4 N–H and O–H groups in total. The first-order valence-corrected chi connectivity index (χ1v) is 3.65. The Labute approximate surface area is 66.4 Å². The van der Waals surface area contributed by atoms with Gasteiger partial charge in [0.2, 0.25) is 0 Å². The zero-order valence-electron chi connectivity index (χ0n) is 6.62. The third kappa shape index (κ3) is 1.91. The second kappa shape index (κ2) is 3.34. The summed E-state index contributed by atoms with van der Waals surface area (Å²) < 4.78 is 0.